The number of hydrogen-bond donors (Lipinski definition) is 0. The highest BCUT2D eigenvalue weighted by Gasteiger charge is 2.00. The first-order valence-corrected chi connectivity index (χ1v) is 8.47. The van der Waals surface area contributed by atoms with Crippen molar-refractivity contribution >= 4 is 32.4 Å². The van der Waals surface area contributed by atoms with E-state index in [9.17, 15) is 0 Å². The van der Waals surface area contributed by atoms with Crippen LogP contribution in [0.15, 0.2) is 76.5 Å². The molecule has 0 aliphatic heterocycles. The lowest BCUT2D eigenvalue weighted by atomic mass is 10.1. The minimum atomic E-state index is 0.894. The summed E-state index contributed by atoms with van der Waals surface area (Å²) in [6, 6.07) is 23.2. The van der Waals surface area contributed by atoms with Crippen LogP contribution in [0.25, 0.3) is 10.8 Å². The summed E-state index contributed by atoms with van der Waals surface area (Å²) < 4.78 is 5.16. The first kappa shape index (κ1) is 13.4. The minimum Gasteiger partial charge on any atom is -0.497 e. The molecule has 3 rings (SSSR count). The van der Waals surface area contributed by atoms with Crippen molar-refractivity contribution < 1.29 is 4.74 Å². The second kappa shape index (κ2) is 6.25. The third kappa shape index (κ3) is 3.11. The summed E-state index contributed by atoms with van der Waals surface area (Å²) in [5.74, 6) is 0.894. The van der Waals surface area contributed by atoms with Gasteiger partial charge in [-0.1, -0.05) is 51.9 Å². The Balaban J connectivity index is 1.72. The molecule has 3 aromatic rings. The molecular formula is C17H14OS2. The topological polar surface area (TPSA) is 9.23 Å². The Morgan fingerprint density at radius 2 is 1.35 bits per heavy atom. The van der Waals surface area contributed by atoms with E-state index in [0.717, 1.165) is 5.75 Å². The van der Waals surface area contributed by atoms with Crippen molar-refractivity contribution in [1.82, 2.24) is 0 Å². The Morgan fingerprint density at radius 3 is 2.10 bits per heavy atom. The van der Waals surface area contributed by atoms with E-state index < -0.39 is 0 Å². The van der Waals surface area contributed by atoms with Gasteiger partial charge in [0, 0.05) is 9.79 Å². The number of methoxy groups -OCH3 is 1. The molecule has 0 fully saturated rings. The molecule has 0 atom stereocenters. The molecule has 0 spiro atoms. The van der Waals surface area contributed by atoms with Crippen molar-refractivity contribution in [3.8, 4) is 5.75 Å². The van der Waals surface area contributed by atoms with E-state index >= 15 is 0 Å². The van der Waals surface area contributed by atoms with E-state index in [4.69, 9.17) is 4.74 Å². The van der Waals surface area contributed by atoms with Gasteiger partial charge in [-0.05, 0) is 47.2 Å². The first-order valence-electron chi connectivity index (χ1n) is 6.32. The normalized spacial score (nSPS) is 10.7. The van der Waals surface area contributed by atoms with Crippen LogP contribution in [-0.2, 0) is 0 Å². The van der Waals surface area contributed by atoms with Crippen molar-refractivity contribution in [2.45, 2.75) is 9.79 Å². The maximum atomic E-state index is 5.16. The fourth-order valence-electron chi connectivity index (χ4n) is 1.95. The van der Waals surface area contributed by atoms with Crippen LogP contribution < -0.4 is 4.74 Å². The summed E-state index contributed by atoms with van der Waals surface area (Å²) in [6.07, 6.45) is 0. The Kier molecular flexibility index (Phi) is 4.19. The van der Waals surface area contributed by atoms with Gasteiger partial charge >= 0.3 is 0 Å². The molecule has 0 saturated heterocycles. The van der Waals surface area contributed by atoms with Crippen LogP contribution in [0.3, 0.4) is 0 Å². The average Bonchev–Trinajstić information content (AvgIpc) is 2.53. The SMILES string of the molecule is COc1ccc(SSc2ccc3ccccc3c2)cc1. The van der Waals surface area contributed by atoms with Gasteiger partial charge in [0.05, 0.1) is 7.11 Å². The Bertz CT molecular complexity index is 708. The molecule has 0 N–H and O–H groups in total. The van der Waals surface area contributed by atoms with Gasteiger partial charge in [0.15, 0.2) is 0 Å². The fraction of sp³-hybridized carbons (Fsp3) is 0.0588. The van der Waals surface area contributed by atoms with Gasteiger partial charge < -0.3 is 4.74 Å². The first-order chi connectivity index (χ1) is 9.85. The monoisotopic (exact) mass is 298 g/mol. The molecule has 0 bridgehead atoms. The molecule has 0 heterocycles. The molecule has 0 unspecified atom stereocenters. The molecule has 0 aliphatic carbocycles. The third-order valence-corrected chi connectivity index (χ3v) is 5.41. The molecule has 3 heteroatoms. The Labute approximate surface area is 126 Å². The van der Waals surface area contributed by atoms with Crippen LogP contribution in [0, 0.1) is 0 Å². The zero-order valence-electron chi connectivity index (χ0n) is 11.1. The standard InChI is InChI=1S/C17H14OS2/c1-18-15-7-10-16(11-8-15)19-20-17-9-6-13-4-2-3-5-14(13)12-17/h2-12H,1H3. The molecule has 0 saturated carbocycles. The lowest BCUT2D eigenvalue weighted by Gasteiger charge is -2.04. The highest BCUT2D eigenvalue weighted by molar-refractivity contribution is 8.76. The summed E-state index contributed by atoms with van der Waals surface area (Å²) in [7, 11) is 5.23. The fourth-order valence-corrected chi connectivity index (χ4v) is 3.91. The van der Waals surface area contributed by atoms with E-state index in [0.29, 0.717) is 0 Å². The maximum absolute atomic E-state index is 5.16. The quantitative estimate of drug-likeness (QED) is 0.576. The van der Waals surface area contributed by atoms with Crippen molar-refractivity contribution in [2.75, 3.05) is 7.11 Å². The van der Waals surface area contributed by atoms with Crippen LogP contribution in [0.2, 0.25) is 0 Å². The van der Waals surface area contributed by atoms with E-state index in [1.807, 2.05) is 12.1 Å². The lowest BCUT2D eigenvalue weighted by molar-refractivity contribution is 0.414. The van der Waals surface area contributed by atoms with Gasteiger partial charge in [0.2, 0.25) is 0 Å². The van der Waals surface area contributed by atoms with Gasteiger partial charge in [0.25, 0.3) is 0 Å². The summed E-state index contributed by atoms with van der Waals surface area (Å²) in [5, 5.41) is 2.57. The Morgan fingerprint density at radius 1 is 0.700 bits per heavy atom. The van der Waals surface area contributed by atoms with Gasteiger partial charge in [-0.2, -0.15) is 0 Å². The highest BCUT2D eigenvalue weighted by Crippen LogP contribution is 2.38. The smallest absolute Gasteiger partial charge is 0.118 e. The van der Waals surface area contributed by atoms with E-state index in [-0.39, 0.29) is 0 Å². The zero-order chi connectivity index (χ0) is 13.8. The second-order valence-corrected chi connectivity index (χ2v) is 6.63. The predicted octanol–water partition coefficient (Wildman–Crippen LogP) is 5.65. The number of ether oxygens (including phenoxy) is 1. The minimum absolute atomic E-state index is 0.894. The largest absolute Gasteiger partial charge is 0.497 e. The zero-order valence-corrected chi connectivity index (χ0v) is 12.7. The number of rotatable bonds is 4. The summed E-state index contributed by atoms with van der Waals surface area (Å²) in [6.45, 7) is 0. The van der Waals surface area contributed by atoms with Crippen LogP contribution in [-0.4, -0.2) is 7.11 Å². The maximum Gasteiger partial charge on any atom is 0.118 e. The Hall–Kier alpha value is -1.58. The molecule has 1 nitrogen and oxygen atoms in total. The number of benzene rings is 3. The molecule has 0 aliphatic rings. The van der Waals surface area contributed by atoms with Gasteiger partial charge in [0.1, 0.15) is 5.75 Å². The van der Waals surface area contributed by atoms with Crippen LogP contribution in [0.5, 0.6) is 5.75 Å². The van der Waals surface area contributed by atoms with Crippen molar-refractivity contribution in [2.24, 2.45) is 0 Å². The van der Waals surface area contributed by atoms with Crippen LogP contribution >= 0.6 is 21.6 Å². The molecule has 0 aromatic heterocycles. The van der Waals surface area contributed by atoms with Crippen LogP contribution in [0.1, 0.15) is 0 Å². The summed E-state index contributed by atoms with van der Waals surface area (Å²) in [4.78, 5) is 2.49. The van der Waals surface area contributed by atoms with Gasteiger partial charge in [-0.25, -0.2) is 0 Å². The molecule has 100 valence electrons. The van der Waals surface area contributed by atoms with Crippen molar-refractivity contribution in [3.63, 3.8) is 0 Å². The van der Waals surface area contributed by atoms with Crippen LogP contribution in [0.4, 0.5) is 0 Å². The highest BCUT2D eigenvalue weighted by atomic mass is 33.1. The van der Waals surface area contributed by atoms with E-state index in [1.54, 1.807) is 28.7 Å². The molecule has 0 amide bonds. The van der Waals surface area contributed by atoms with E-state index in [2.05, 4.69) is 54.6 Å². The predicted molar refractivity (Wildman–Crippen MR) is 88.7 cm³/mol. The molecular weight excluding hydrogens is 284 g/mol. The average molecular weight is 298 g/mol. The van der Waals surface area contributed by atoms with E-state index in [1.165, 1.54) is 20.6 Å². The number of fused-ring (bicyclic) bond motifs is 1. The van der Waals surface area contributed by atoms with Crippen molar-refractivity contribution in [1.29, 1.82) is 0 Å². The second-order valence-electron chi connectivity index (χ2n) is 4.35. The third-order valence-electron chi connectivity index (χ3n) is 3.01. The summed E-state index contributed by atoms with van der Waals surface area (Å²) in [5.41, 5.74) is 0. The molecule has 3 aromatic carbocycles. The molecule has 0 radical (unpaired) electrons. The van der Waals surface area contributed by atoms with Gasteiger partial charge in [-0.3, -0.25) is 0 Å². The van der Waals surface area contributed by atoms with Gasteiger partial charge in [-0.15, -0.1) is 0 Å². The van der Waals surface area contributed by atoms with Crippen molar-refractivity contribution in [3.05, 3.63) is 66.7 Å². The summed E-state index contributed by atoms with van der Waals surface area (Å²) >= 11 is 0. The number of hydrogen-bond acceptors (Lipinski definition) is 3. The molecule has 20 heavy (non-hydrogen) atoms. The lowest BCUT2D eigenvalue weighted by Crippen LogP contribution is -1.80.